The Morgan fingerprint density at radius 3 is 2.73 bits per heavy atom. The smallest absolute Gasteiger partial charge is 0.268 e. The van der Waals surface area contributed by atoms with Crippen molar-refractivity contribution in [1.29, 1.82) is 0 Å². The summed E-state index contributed by atoms with van der Waals surface area (Å²) in [6.07, 6.45) is 1.26. The van der Waals surface area contributed by atoms with Gasteiger partial charge in [0.05, 0.1) is 26.9 Å². The Balaban J connectivity index is 1.62. The van der Waals surface area contributed by atoms with Gasteiger partial charge in [0.1, 0.15) is 16.1 Å². The standard InChI is InChI=1S/C21H21Cl2N3O3S/c1-21(2,3)29-26(10-27)18-12-7-5-4-6-11(12)8-13(18)25-20(28)14-9-15-17(24-14)16(22)19(23)30-15/h4-7,9-10,13,18,24H,8H2,1-3H3,(H,25,28). The first-order valence-electron chi connectivity index (χ1n) is 9.46. The van der Waals surface area contributed by atoms with Crippen LogP contribution in [0, 0.1) is 0 Å². The molecular formula is C21H21Cl2N3O3S. The molecule has 0 saturated carbocycles. The zero-order valence-electron chi connectivity index (χ0n) is 16.7. The molecular weight excluding hydrogens is 445 g/mol. The number of halogens is 2. The molecule has 1 aliphatic rings. The summed E-state index contributed by atoms with van der Waals surface area (Å²) in [7, 11) is 0. The number of hydrogen-bond donors (Lipinski definition) is 2. The molecule has 9 heteroatoms. The van der Waals surface area contributed by atoms with Crippen LogP contribution in [-0.4, -0.2) is 34.0 Å². The first-order valence-corrected chi connectivity index (χ1v) is 11.0. The first kappa shape index (κ1) is 21.2. The number of hydrogen-bond acceptors (Lipinski definition) is 4. The summed E-state index contributed by atoms with van der Waals surface area (Å²) in [6, 6.07) is 8.77. The van der Waals surface area contributed by atoms with Crippen LogP contribution < -0.4 is 5.32 Å². The Kier molecular flexibility index (Phi) is 5.57. The number of carbonyl (C=O) groups is 2. The maximum Gasteiger partial charge on any atom is 0.268 e. The van der Waals surface area contributed by atoms with Crippen molar-refractivity contribution in [2.24, 2.45) is 0 Å². The SMILES string of the molecule is CC(C)(C)ON(C=O)C1c2ccccc2CC1NC(=O)c1cc2sc(Cl)c(Cl)c2[nH]1. The number of H-pyrrole nitrogens is 1. The molecule has 158 valence electrons. The van der Waals surface area contributed by atoms with Crippen molar-refractivity contribution in [2.75, 3.05) is 0 Å². The Bertz CT molecular complexity index is 1120. The van der Waals surface area contributed by atoms with E-state index in [2.05, 4.69) is 10.3 Å². The molecule has 4 rings (SSSR count). The highest BCUT2D eigenvalue weighted by molar-refractivity contribution is 7.23. The van der Waals surface area contributed by atoms with Crippen LogP contribution in [0.4, 0.5) is 0 Å². The van der Waals surface area contributed by atoms with Gasteiger partial charge in [0.2, 0.25) is 6.41 Å². The molecule has 3 aromatic rings. The molecule has 0 saturated heterocycles. The minimum atomic E-state index is -0.563. The number of nitrogens with zero attached hydrogens (tertiary/aromatic N) is 1. The summed E-state index contributed by atoms with van der Waals surface area (Å²) >= 11 is 13.6. The number of rotatable bonds is 5. The van der Waals surface area contributed by atoms with Crippen LogP contribution in [0.3, 0.4) is 0 Å². The fraction of sp³-hybridized carbons (Fsp3) is 0.333. The van der Waals surface area contributed by atoms with Crippen molar-refractivity contribution in [3.8, 4) is 0 Å². The fourth-order valence-corrected chi connectivity index (χ4v) is 5.25. The van der Waals surface area contributed by atoms with Gasteiger partial charge in [-0.25, -0.2) is 5.06 Å². The summed E-state index contributed by atoms with van der Waals surface area (Å²) < 4.78 is 1.30. The van der Waals surface area contributed by atoms with Gasteiger partial charge >= 0.3 is 0 Å². The van der Waals surface area contributed by atoms with E-state index in [9.17, 15) is 9.59 Å². The van der Waals surface area contributed by atoms with Gasteiger partial charge in [-0.15, -0.1) is 11.3 Å². The number of fused-ring (bicyclic) bond motifs is 2. The largest absolute Gasteiger partial charge is 0.349 e. The quantitative estimate of drug-likeness (QED) is 0.405. The van der Waals surface area contributed by atoms with E-state index >= 15 is 0 Å². The molecule has 0 radical (unpaired) electrons. The van der Waals surface area contributed by atoms with Crippen LogP contribution in [0.25, 0.3) is 10.2 Å². The Labute approximate surface area is 188 Å². The molecule has 2 unspecified atom stereocenters. The minimum absolute atomic E-state index is 0.282. The molecule has 2 heterocycles. The van der Waals surface area contributed by atoms with Crippen molar-refractivity contribution in [3.63, 3.8) is 0 Å². The number of thiophene rings is 1. The zero-order valence-corrected chi connectivity index (χ0v) is 19.0. The topological polar surface area (TPSA) is 74.4 Å². The molecule has 6 nitrogen and oxygen atoms in total. The number of hydroxylamine groups is 2. The van der Waals surface area contributed by atoms with Gasteiger partial charge in [0.15, 0.2) is 0 Å². The van der Waals surface area contributed by atoms with Crippen LogP contribution in [0.15, 0.2) is 30.3 Å². The highest BCUT2D eigenvalue weighted by Crippen LogP contribution is 2.39. The van der Waals surface area contributed by atoms with Crippen molar-refractivity contribution in [2.45, 2.75) is 44.9 Å². The highest BCUT2D eigenvalue weighted by atomic mass is 35.5. The number of nitrogens with one attached hydrogen (secondary N) is 2. The van der Waals surface area contributed by atoms with Crippen LogP contribution in [0.2, 0.25) is 9.36 Å². The predicted octanol–water partition coefficient (Wildman–Crippen LogP) is 5.12. The maximum absolute atomic E-state index is 13.0. The van der Waals surface area contributed by atoms with Crippen molar-refractivity contribution in [3.05, 3.63) is 56.5 Å². The number of amides is 2. The molecule has 0 fully saturated rings. The van der Waals surface area contributed by atoms with E-state index in [0.717, 1.165) is 15.8 Å². The molecule has 2 aromatic heterocycles. The molecule has 0 spiro atoms. The summed E-state index contributed by atoms with van der Waals surface area (Å²) in [6.45, 7) is 5.62. The van der Waals surface area contributed by atoms with Crippen molar-refractivity contribution >= 4 is 57.1 Å². The van der Waals surface area contributed by atoms with Gasteiger partial charge in [-0.1, -0.05) is 47.5 Å². The second-order valence-corrected chi connectivity index (χ2v) is 10.2. The maximum atomic E-state index is 13.0. The van der Waals surface area contributed by atoms with E-state index in [1.807, 2.05) is 45.0 Å². The summed E-state index contributed by atoms with van der Waals surface area (Å²) in [5, 5.41) is 4.77. The average Bonchev–Trinajstić information content (AvgIpc) is 3.32. The second-order valence-electron chi connectivity index (χ2n) is 8.21. The first-order chi connectivity index (χ1) is 14.2. The lowest BCUT2D eigenvalue weighted by molar-refractivity contribution is -0.235. The van der Waals surface area contributed by atoms with Gasteiger partial charge in [-0.3, -0.25) is 14.4 Å². The minimum Gasteiger partial charge on any atom is -0.349 e. The lowest BCUT2D eigenvalue weighted by atomic mass is 10.1. The molecule has 2 amide bonds. The van der Waals surface area contributed by atoms with Gasteiger partial charge < -0.3 is 10.3 Å². The molecule has 1 aromatic carbocycles. The van der Waals surface area contributed by atoms with Crippen LogP contribution in [0.1, 0.15) is 48.4 Å². The van der Waals surface area contributed by atoms with Crippen LogP contribution in [-0.2, 0) is 16.1 Å². The average molecular weight is 466 g/mol. The molecule has 0 bridgehead atoms. The van der Waals surface area contributed by atoms with E-state index in [1.165, 1.54) is 16.4 Å². The highest BCUT2D eigenvalue weighted by Gasteiger charge is 2.39. The summed E-state index contributed by atoms with van der Waals surface area (Å²) in [5.74, 6) is -0.282. The van der Waals surface area contributed by atoms with E-state index in [4.69, 9.17) is 28.0 Å². The molecule has 30 heavy (non-hydrogen) atoms. The number of aromatic nitrogens is 1. The number of benzene rings is 1. The Hall–Kier alpha value is -2.06. The lowest BCUT2D eigenvalue weighted by Crippen LogP contribution is -2.46. The third-order valence-electron chi connectivity index (χ3n) is 4.89. The van der Waals surface area contributed by atoms with Gasteiger partial charge in [-0.05, 0) is 44.4 Å². The van der Waals surface area contributed by atoms with E-state index in [-0.39, 0.29) is 11.9 Å². The van der Waals surface area contributed by atoms with Gasteiger partial charge in [0, 0.05) is 0 Å². The predicted molar refractivity (Wildman–Crippen MR) is 119 cm³/mol. The normalized spacial score (nSPS) is 18.4. The molecule has 0 aliphatic heterocycles. The third kappa shape index (κ3) is 3.95. The van der Waals surface area contributed by atoms with Crippen molar-refractivity contribution < 1.29 is 14.4 Å². The van der Waals surface area contributed by atoms with E-state index < -0.39 is 11.6 Å². The summed E-state index contributed by atoms with van der Waals surface area (Å²) in [4.78, 5) is 33.8. The Morgan fingerprint density at radius 1 is 1.33 bits per heavy atom. The van der Waals surface area contributed by atoms with E-state index in [1.54, 1.807) is 6.07 Å². The van der Waals surface area contributed by atoms with Gasteiger partial charge in [0.25, 0.3) is 5.91 Å². The molecule has 1 aliphatic carbocycles. The zero-order chi connectivity index (χ0) is 21.6. The van der Waals surface area contributed by atoms with Gasteiger partial charge in [-0.2, -0.15) is 0 Å². The molecule has 2 atom stereocenters. The van der Waals surface area contributed by atoms with E-state index in [0.29, 0.717) is 33.4 Å². The third-order valence-corrected chi connectivity index (χ3v) is 6.82. The molecule has 2 N–H and O–H groups in total. The van der Waals surface area contributed by atoms with Crippen molar-refractivity contribution in [1.82, 2.24) is 15.4 Å². The summed E-state index contributed by atoms with van der Waals surface area (Å²) in [5.41, 5.74) is 2.50. The second kappa shape index (κ2) is 7.89. The Morgan fingerprint density at radius 2 is 2.07 bits per heavy atom. The monoisotopic (exact) mass is 465 g/mol. The fourth-order valence-electron chi connectivity index (χ4n) is 3.77. The lowest BCUT2D eigenvalue weighted by Gasteiger charge is -2.34. The number of carbonyl (C=O) groups excluding carboxylic acids is 2. The van der Waals surface area contributed by atoms with Crippen LogP contribution >= 0.6 is 34.5 Å². The van der Waals surface area contributed by atoms with Crippen LogP contribution in [0.5, 0.6) is 0 Å². The number of aromatic amines is 1.